The summed E-state index contributed by atoms with van der Waals surface area (Å²) in [6.07, 6.45) is 31.4. The van der Waals surface area contributed by atoms with E-state index in [-0.39, 0.29) is 10.5 Å². The maximum Gasteiger partial charge on any atom is 0.286 e. The van der Waals surface area contributed by atoms with Gasteiger partial charge in [0, 0.05) is 11.1 Å². The first-order chi connectivity index (χ1) is 27.9. The highest BCUT2D eigenvalue weighted by atomic mass is 32.2. The molecule has 0 unspecified atom stereocenters. The Kier molecular flexibility index (Phi) is 26.5. The Morgan fingerprint density at radius 3 is 1.10 bits per heavy atom. The molecule has 0 amide bonds. The van der Waals surface area contributed by atoms with Gasteiger partial charge in [-0.15, -0.1) is 4.40 Å². The fourth-order valence-electron chi connectivity index (χ4n) is 7.81. The number of nitrogens with zero attached hydrogens (tertiary/aromatic N) is 3. The van der Waals surface area contributed by atoms with Crippen molar-refractivity contribution in [1.29, 1.82) is 0 Å². The molecule has 7 heteroatoms. The molecule has 0 saturated heterocycles. The number of hydrogen-bond acceptors (Lipinski definition) is 2. The van der Waals surface area contributed by atoms with Gasteiger partial charge in [0.2, 0.25) is 5.90 Å². The van der Waals surface area contributed by atoms with Gasteiger partial charge in [-0.3, -0.25) is 0 Å². The summed E-state index contributed by atoms with van der Waals surface area (Å²) in [5.41, 5.74) is 3.19. The first-order valence-electron chi connectivity index (χ1n) is 23.2. The first kappa shape index (κ1) is 51.1. The van der Waals surface area contributed by atoms with Crippen LogP contribution in [-0.2, 0) is 23.1 Å². The van der Waals surface area contributed by atoms with E-state index < -0.39 is 15.9 Å². The van der Waals surface area contributed by atoms with Crippen molar-refractivity contribution in [3.8, 4) is 0 Å². The first-order valence-corrected chi connectivity index (χ1v) is 24.7. The molecule has 0 saturated carbocycles. The molecule has 1 aliphatic heterocycles. The number of hydrogen-bond donors (Lipinski definition) is 1. The van der Waals surface area contributed by atoms with Gasteiger partial charge >= 0.3 is 0 Å². The van der Waals surface area contributed by atoms with E-state index >= 15 is 0 Å². The summed E-state index contributed by atoms with van der Waals surface area (Å²) in [4.78, 5) is 0.0718. The van der Waals surface area contributed by atoms with Gasteiger partial charge in [-0.1, -0.05) is 202 Å². The lowest BCUT2D eigenvalue weighted by Crippen LogP contribution is -2.39. The summed E-state index contributed by atoms with van der Waals surface area (Å²) < 4.78 is 27.6. The number of aliphatic hydroxyl groups is 1. The quantitative estimate of drug-likeness (QED) is 0.0586. The van der Waals surface area contributed by atoms with Gasteiger partial charge in [0.1, 0.15) is 18.0 Å². The van der Waals surface area contributed by atoms with Crippen LogP contribution < -0.4 is 0 Å². The predicted molar refractivity (Wildman–Crippen MR) is 250 cm³/mol. The Bertz CT molecular complexity index is 1590. The normalized spacial score (nSPS) is 13.2. The van der Waals surface area contributed by atoms with Crippen molar-refractivity contribution in [3.05, 3.63) is 102 Å². The fourth-order valence-corrected chi connectivity index (χ4v) is 8.92. The molecule has 1 aliphatic rings. The third-order valence-corrected chi connectivity index (χ3v) is 12.6. The lowest BCUT2D eigenvalue weighted by molar-refractivity contribution is -0.903. The summed E-state index contributed by atoms with van der Waals surface area (Å²) in [5, 5.41) is 9.09. The maximum atomic E-state index is 11.1. The molecule has 0 atom stereocenters. The molecule has 0 aliphatic carbocycles. The molecule has 58 heavy (non-hydrogen) atoms. The molecule has 326 valence electrons. The van der Waals surface area contributed by atoms with Crippen LogP contribution in [0.4, 0.5) is 0 Å². The Morgan fingerprint density at radius 2 is 0.759 bits per heavy atom. The van der Waals surface area contributed by atoms with Crippen molar-refractivity contribution in [2.45, 2.75) is 173 Å². The average molecular weight is 820 g/mol. The molecule has 0 bridgehead atoms. The van der Waals surface area contributed by atoms with Crippen LogP contribution in [0.25, 0.3) is 0 Å². The van der Waals surface area contributed by atoms with Gasteiger partial charge in [-0.25, -0.2) is 0 Å². The summed E-state index contributed by atoms with van der Waals surface area (Å²) in [6.45, 7) is 9.48. The molecule has 0 fully saturated rings. The Labute approximate surface area is 357 Å². The van der Waals surface area contributed by atoms with Gasteiger partial charge < -0.3 is 14.1 Å². The van der Waals surface area contributed by atoms with Gasteiger partial charge in [0.15, 0.2) is 0 Å². The Morgan fingerprint density at radius 1 is 0.448 bits per heavy atom. The second-order valence-electron chi connectivity index (χ2n) is 18.1. The second kappa shape index (κ2) is 30.1. The van der Waals surface area contributed by atoms with Crippen molar-refractivity contribution < 1.29 is 22.5 Å². The lowest BCUT2D eigenvalue weighted by Gasteiger charge is -2.30. The van der Waals surface area contributed by atoms with Crippen LogP contribution in [0, 0.1) is 0 Å². The molecule has 1 N–H and O–H groups in total. The lowest BCUT2D eigenvalue weighted by atomic mass is 10.1. The van der Waals surface area contributed by atoms with Crippen LogP contribution in [-0.4, -0.2) is 69.7 Å². The molecule has 4 rings (SSSR count). The molecule has 0 radical (unpaired) electrons. The molecule has 3 aromatic carbocycles. The topological polar surface area (TPSA) is 66.7 Å². The predicted octanol–water partition coefficient (Wildman–Crippen LogP) is 13.8. The van der Waals surface area contributed by atoms with E-state index in [1.165, 1.54) is 178 Å². The summed E-state index contributed by atoms with van der Waals surface area (Å²) in [7, 11) is 5.84. The standard InChI is InChI=1S/C23H42N.C21H38N.C7H5NO3S/c1-4-5-6-7-8-9-10-11-12-13-14-18-21-24(2,3)22-23-19-16-15-17-20-23;1-4-5-6-7-8-9-10-11-12-16-19-22(2,3)20-21-17-14-13-15-18-21;9-7-5-3-1-2-4-6(5)12(10,11)8-7/h15-17,19-20H,4-14,18,21-22H2,1-3H3;13-15,17-18H,4-12,16,19-20H2,1-3H3;1-4H,(H,8,9)/q2*+1;. The molecule has 6 nitrogen and oxygen atoms in total. The highest BCUT2D eigenvalue weighted by Crippen LogP contribution is 2.24. The summed E-state index contributed by atoms with van der Waals surface area (Å²) >= 11 is 0. The second-order valence-corrected chi connectivity index (χ2v) is 19.6. The highest BCUT2D eigenvalue weighted by Gasteiger charge is 2.27. The van der Waals surface area contributed by atoms with E-state index in [1.807, 2.05) is 0 Å². The van der Waals surface area contributed by atoms with E-state index in [0.29, 0.717) is 0 Å². The van der Waals surface area contributed by atoms with Crippen molar-refractivity contribution in [3.63, 3.8) is 0 Å². The minimum Gasteiger partial charge on any atom is -0.492 e. The van der Waals surface area contributed by atoms with E-state index in [9.17, 15) is 8.42 Å². The zero-order valence-electron chi connectivity index (χ0n) is 38.0. The van der Waals surface area contributed by atoms with Crippen LogP contribution in [0.3, 0.4) is 0 Å². The number of aliphatic hydroxyl groups excluding tert-OH is 1. The van der Waals surface area contributed by atoms with E-state index in [2.05, 4.69) is 107 Å². The van der Waals surface area contributed by atoms with Gasteiger partial charge in [0.25, 0.3) is 10.0 Å². The van der Waals surface area contributed by atoms with E-state index in [1.54, 1.807) is 12.1 Å². The molecule has 0 spiro atoms. The number of sulfonamides is 1. The Hall–Kier alpha value is -3.00. The minimum atomic E-state index is -3.62. The zero-order chi connectivity index (χ0) is 42.4. The van der Waals surface area contributed by atoms with Crippen molar-refractivity contribution in [1.82, 2.24) is 0 Å². The van der Waals surface area contributed by atoms with Crippen LogP contribution >= 0.6 is 0 Å². The largest absolute Gasteiger partial charge is 0.492 e. The molecule has 3 aromatic rings. The third kappa shape index (κ3) is 24.2. The SMILES string of the molecule is CCCCCCCCCCCCCC[N+](C)(C)Cc1ccccc1.CCCCCCCCCCCC[N+](C)(C)Cc1ccccc1.O=S1(=O)N=C(O)c2ccccc21. The number of benzene rings is 3. The molecule has 1 heterocycles. The van der Waals surface area contributed by atoms with Gasteiger partial charge in [-0.2, -0.15) is 8.42 Å². The number of rotatable bonds is 28. The smallest absolute Gasteiger partial charge is 0.286 e. The average Bonchev–Trinajstić information content (AvgIpc) is 3.44. The number of quaternary nitrogens is 2. The van der Waals surface area contributed by atoms with Gasteiger partial charge in [-0.05, 0) is 37.8 Å². The van der Waals surface area contributed by atoms with Crippen LogP contribution in [0.2, 0.25) is 0 Å². The fraction of sp³-hybridized carbons (Fsp3) is 0.627. The van der Waals surface area contributed by atoms with Crippen molar-refractivity contribution in [2.75, 3.05) is 41.3 Å². The summed E-state index contributed by atoms with van der Waals surface area (Å²) in [6, 6.07) is 28.0. The maximum absolute atomic E-state index is 11.1. The zero-order valence-corrected chi connectivity index (χ0v) is 38.8. The van der Waals surface area contributed by atoms with E-state index in [4.69, 9.17) is 5.11 Å². The van der Waals surface area contributed by atoms with E-state index in [0.717, 1.165) is 22.1 Å². The van der Waals surface area contributed by atoms with Crippen LogP contribution in [0.1, 0.15) is 172 Å². The molecule has 0 aromatic heterocycles. The minimum absolute atomic E-state index is 0.0718. The van der Waals surface area contributed by atoms with Gasteiger partial charge in [0.05, 0.1) is 46.8 Å². The summed E-state index contributed by atoms with van der Waals surface area (Å²) in [5.74, 6) is -0.425. The monoisotopic (exact) mass is 820 g/mol. The van der Waals surface area contributed by atoms with Crippen molar-refractivity contribution >= 4 is 15.9 Å². The number of unbranched alkanes of at least 4 members (excludes halogenated alkanes) is 20. The van der Waals surface area contributed by atoms with Crippen LogP contribution in [0.5, 0.6) is 0 Å². The van der Waals surface area contributed by atoms with Crippen molar-refractivity contribution in [2.24, 2.45) is 4.40 Å². The number of fused-ring (bicyclic) bond motifs is 1. The van der Waals surface area contributed by atoms with Crippen LogP contribution in [0.15, 0.2) is 94.2 Å². The Balaban J connectivity index is 0.000000315. The molecular formula is C51H85N3O3S+2. The highest BCUT2D eigenvalue weighted by molar-refractivity contribution is 7.90. The third-order valence-electron chi connectivity index (χ3n) is 11.3. The molecular weight excluding hydrogens is 735 g/mol.